The van der Waals surface area contributed by atoms with E-state index < -0.39 is 5.54 Å². The fourth-order valence-corrected chi connectivity index (χ4v) is 4.40. The van der Waals surface area contributed by atoms with Crippen LogP contribution in [0.4, 0.5) is 0 Å². The molecule has 0 radical (unpaired) electrons. The van der Waals surface area contributed by atoms with E-state index in [-0.39, 0.29) is 25.0 Å². The van der Waals surface area contributed by atoms with Gasteiger partial charge in [-0.1, -0.05) is 42.8 Å². The number of nitrogens with zero attached hydrogens (tertiary/aromatic N) is 3. The van der Waals surface area contributed by atoms with Crippen molar-refractivity contribution in [3.05, 3.63) is 90.1 Å². The molecule has 35 heavy (non-hydrogen) atoms. The molecule has 3 aromatic rings. The molecule has 1 saturated heterocycles. The Morgan fingerprint density at radius 3 is 2.69 bits per heavy atom. The zero-order chi connectivity index (χ0) is 24.4. The molecule has 8 nitrogen and oxygen atoms in total. The second-order valence-corrected chi connectivity index (χ2v) is 8.33. The van der Waals surface area contributed by atoms with Gasteiger partial charge in [0.25, 0.3) is 11.8 Å². The molecule has 2 amide bonds. The third kappa shape index (κ3) is 4.08. The highest BCUT2D eigenvalue weighted by Crippen LogP contribution is 2.34. The molecule has 0 saturated carbocycles. The SMILES string of the molecule is C=C1NC(=O)[C@](CN2Cc3ccc(OCC#CC)cc3C2=O)(c2ccc(-c3cnccn3)cc2)N1. The molecule has 174 valence electrons. The average molecular weight is 466 g/mol. The van der Waals surface area contributed by atoms with Crippen molar-refractivity contribution in [3.8, 4) is 28.8 Å². The Morgan fingerprint density at radius 1 is 1.17 bits per heavy atom. The normalized spacial score (nSPS) is 18.4. The van der Waals surface area contributed by atoms with E-state index in [9.17, 15) is 9.59 Å². The number of nitrogens with one attached hydrogen (secondary N) is 2. The molecule has 3 heterocycles. The number of ether oxygens (including phenoxy) is 1. The van der Waals surface area contributed by atoms with Crippen molar-refractivity contribution < 1.29 is 14.3 Å². The van der Waals surface area contributed by atoms with Crippen molar-refractivity contribution in [1.82, 2.24) is 25.5 Å². The van der Waals surface area contributed by atoms with Crippen molar-refractivity contribution in [1.29, 1.82) is 0 Å². The van der Waals surface area contributed by atoms with Crippen LogP contribution in [0.2, 0.25) is 0 Å². The van der Waals surface area contributed by atoms with Crippen molar-refractivity contribution in [2.45, 2.75) is 19.0 Å². The summed E-state index contributed by atoms with van der Waals surface area (Å²) in [6, 6.07) is 13.0. The summed E-state index contributed by atoms with van der Waals surface area (Å²) in [7, 11) is 0. The Labute approximate surface area is 203 Å². The predicted molar refractivity (Wildman–Crippen MR) is 130 cm³/mol. The Bertz CT molecular complexity index is 1380. The fraction of sp³-hybridized carbons (Fsp3) is 0.185. The third-order valence-corrected chi connectivity index (χ3v) is 6.13. The molecular formula is C27H23N5O3. The largest absolute Gasteiger partial charge is 0.481 e. The zero-order valence-electron chi connectivity index (χ0n) is 19.2. The number of carbonyl (C=O) groups is 2. The van der Waals surface area contributed by atoms with Gasteiger partial charge in [0.05, 0.1) is 24.3 Å². The molecule has 2 aromatic carbocycles. The van der Waals surface area contributed by atoms with Gasteiger partial charge in [-0.3, -0.25) is 19.6 Å². The quantitative estimate of drug-likeness (QED) is 0.544. The van der Waals surface area contributed by atoms with Crippen LogP contribution >= 0.6 is 0 Å². The molecule has 0 aliphatic carbocycles. The van der Waals surface area contributed by atoms with Crippen molar-refractivity contribution >= 4 is 11.8 Å². The van der Waals surface area contributed by atoms with Gasteiger partial charge in [-0.25, -0.2) is 0 Å². The maximum absolute atomic E-state index is 13.3. The van der Waals surface area contributed by atoms with Gasteiger partial charge < -0.3 is 20.3 Å². The van der Waals surface area contributed by atoms with Gasteiger partial charge in [-0.05, 0) is 30.2 Å². The summed E-state index contributed by atoms with van der Waals surface area (Å²) in [5.74, 6) is 6.18. The summed E-state index contributed by atoms with van der Waals surface area (Å²) in [6.45, 7) is 6.41. The van der Waals surface area contributed by atoms with E-state index in [0.29, 0.717) is 29.2 Å². The van der Waals surface area contributed by atoms with Gasteiger partial charge in [-0.2, -0.15) is 0 Å². The minimum Gasteiger partial charge on any atom is -0.481 e. The van der Waals surface area contributed by atoms with Crippen LogP contribution in [0, 0.1) is 11.8 Å². The summed E-state index contributed by atoms with van der Waals surface area (Å²) in [5, 5.41) is 5.96. The number of hydrogen-bond donors (Lipinski definition) is 2. The van der Waals surface area contributed by atoms with Crippen molar-refractivity contribution in [2.24, 2.45) is 0 Å². The summed E-state index contributed by atoms with van der Waals surface area (Å²) < 4.78 is 5.61. The van der Waals surface area contributed by atoms with Crippen LogP contribution in [0.3, 0.4) is 0 Å². The van der Waals surface area contributed by atoms with E-state index in [4.69, 9.17) is 4.74 Å². The minimum atomic E-state index is -1.17. The number of hydrogen-bond acceptors (Lipinski definition) is 6. The lowest BCUT2D eigenvalue weighted by Crippen LogP contribution is -2.52. The van der Waals surface area contributed by atoms with Gasteiger partial charge >= 0.3 is 0 Å². The standard InChI is InChI=1S/C27H23N5O3/c1-3-4-13-35-22-10-7-20-16-32(25(33)23(20)14-22)17-27(26(34)30-18(2)31-27)21-8-5-19(6-9-21)24-15-28-11-12-29-24/h5-12,14-15,31H,2,13,16-17H2,1H3,(H,30,34)/t27-/m0/s1. The summed E-state index contributed by atoms with van der Waals surface area (Å²) in [6.07, 6.45) is 4.93. The molecule has 0 unspecified atom stereocenters. The first-order chi connectivity index (χ1) is 17.0. The van der Waals surface area contributed by atoms with Crippen LogP contribution in [0.15, 0.2) is 73.5 Å². The summed E-state index contributed by atoms with van der Waals surface area (Å²) in [5.41, 5.74) is 2.60. The first kappa shape index (κ1) is 22.2. The van der Waals surface area contributed by atoms with E-state index >= 15 is 0 Å². The Hall–Kier alpha value is -4.64. The average Bonchev–Trinajstić information content (AvgIpc) is 3.34. The van der Waals surface area contributed by atoms with E-state index in [1.54, 1.807) is 36.5 Å². The van der Waals surface area contributed by atoms with Gasteiger partial charge in [0, 0.05) is 30.1 Å². The molecule has 8 heteroatoms. The van der Waals surface area contributed by atoms with Crippen LogP contribution in [0.1, 0.15) is 28.4 Å². The fourth-order valence-electron chi connectivity index (χ4n) is 4.40. The smallest absolute Gasteiger partial charge is 0.257 e. The first-order valence-corrected chi connectivity index (χ1v) is 11.1. The van der Waals surface area contributed by atoms with Crippen molar-refractivity contribution in [3.63, 3.8) is 0 Å². The Morgan fingerprint density at radius 2 is 2.00 bits per heavy atom. The Kier molecular flexibility index (Phi) is 5.67. The van der Waals surface area contributed by atoms with Gasteiger partial charge in [0.1, 0.15) is 12.4 Å². The molecule has 2 aliphatic heterocycles. The molecular weight excluding hydrogens is 442 g/mol. The van der Waals surface area contributed by atoms with Crippen LogP contribution in [-0.2, 0) is 16.9 Å². The van der Waals surface area contributed by atoms with E-state index in [1.807, 2.05) is 36.4 Å². The van der Waals surface area contributed by atoms with E-state index in [1.165, 1.54) is 0 Å². The second-order valence-electron chi connectivity index (χ2n) is 8.33. The predicted octanol–water partition coefficient (Wildman–Crippen LogP) is 2.59. The lowest BCUT2D eigenvalue weighted by Gasteiger charge is -2.32. The number of carbonyl (C=O) groups excluding carboxylic acids is 2. The van der Waals surface area contributed by atoms with Crippen LogP contribution in [0.5, 0.6) is 5.75 Å². The number of fused-ring (bicyclic) bond motifs is 1. The topological polar surface area (TPSA) is 96.5 Å². The molecule has 2 N–H and O–H groups in total. The highest BCUT2D eigenvalue weighted by atomic mass is 16.5. The molecule has 1 fully saturated rings. The van der Waals surface area contributed by atoms with Gasteiger partial charge in [-0.15, -0.1) is 5.92 Å². The maximum atomic E-state index is 13.3. The van der Waals surface area contributed by atoms with Gasteiger partial charge in [0.15, 0.2) is 5.54 Å². The summed E-state index contributed by atoms with van der Waals surface area (Å²) in [4.78, 5) is 36.6. The van der Waals surface area contributed by atoms with Crippen LogP contribution in [0.25, 0.3) is 11.3 Å². The first-order valence-electron chi connectivity index (χ1n) is 11.1. The molecule has 0 bridgehead atoms. The third-order valence-electron chi connectivity index (χ3n) is 6.13. The number of benzene rings is 2. The van der Waals surface area contributed by atoms with E-state index in [0.717, 1.165) is 16.8 Å². The molecule has 1 aromatic heterocycles. The number of rotatable bonds is 6. The molecule has 1 atom stereocenters. The molecule has 5 rings (SSSR count). The second kappa shape index (κ2) is 8.95. The van der Waals surface area contributed by atoms with Crippen LogP contribution in [-0.4, -0.2) is 39.8 Å². The lowest BCUT2D eigenvalue weighted by molar-refractivity contribution is -0.124. The highest BCUT2D eigenvalue weighted by Gasteiger charge is 2.48. The van der Waals surface area contributed by atoms with Crippen LogP contribution < -0.4 is 15.4 Å². The van der Waals surface area contributed by atoms with E-state index in [2.05, 4.69) is 39.0 Å². The number of aromatic nitrogens is 2. The highest BCUT2D eigenvalue weighted by molar-refractivity contribution is 6.00. The maximum Gasteiger partial charge on any atom is 0.257 e. The van der Waals surface area contributed by atoms with Crippen molar-refractivity contribution in [2.75, 3.05) is 13.2 Å². The lowest BCUT2D eigenvalue weighted by atomic mass is 9.88. The molecule has 2 aliphatic rings. The number of amides is 2. The molecule has 0 spiro atoms. The minimum absolute atomic E-state index is 0.132. The Balaban J connectivity index is 1.42. The monoisotopic (exact) mass is 465 g/mol. The van der Waals surface area contributed by atoms with Gasteiger partial charge in [0.2, 0.25) is 0 Å². The zero-order valence-corrected chi connectivity index (χ0v) is 19.2. The summed E-state index contributed by atoms with van der Waals surface area (Å²) >= 11 is 0.